The third kappa shape index (κ3) is 6.98. The van der Waals surface area contributed by atoms with Crippen LogP contribution in [0, 0.1) is 18.6 Å². The first-order valence-electron chi connectivity index (χ1n) is 17.7. The van der Waals surface area contributed by atoms with Gasteiger partial charge in [-0.2, -0.15) is 13.4 Å². The maximum absolute atomic E-state index is 16.3. The van der Waals surface area contributed by atoms with E-state index in [0.29, 0.717) is 21.0 Å². The third-order valence-corrected chi connectivity index (χ3v) is 10.9. The molecule has 7 rings (SSSR count). The van der Waals surface area contributed by atoms with Crippen molar-refractivity contribution in [3.05, 3.63) is 100 Å². The highest BCUT2D eigenvalue weighted by atomic mass is 32.2. The molecule has 16 nitrogen and oxygen atoms in total. The summed E-state index contributed by atoms with van der Waals surface area (Å²) in [4.78, 5) is 47.9. The van der Waals surface area contributed by atoms with Gasteiger partial charge in [-0.05, 0) is 54.8 Å². The maximum atomic E-state index is 16.3. The number of piperazine rings is 1. The number of furan rings is 1. The van der Waals surface area contributed by atoms with E-state index in [1.54, 1.807) is 35.9 Å². The Morgan fingerprint density at radius 1 is 1.11 bits per heavy atom. The predicted octanol–water partition coefficient (Wildman–Crippen LogP) is 4.32. The van der Waals surface area contributed by atoms with Crippen molar-refractivity contribution in [1.82, 2.24) is 38.6 Å². The molecule has 1 atom stereocenters. The molecular formula is C37H37F2N9O7S. The molecule has 56 heavy (non-hydrogen) atoms. The first kappa shape index (κ1) is 38.2. The normalized spacial score (nSPS) is 14.9. The molecule has 0 saturated carbocycles. The Balaban J connectivity index is 1.33. The number of fused-ring (bicyclic) bond motifs is 1. The summed E-state index contributed by atoms with van der Waals surface area (Å²) in [5.74, 6) is -2.52. The highest BCUT2D eigenvalue weighted by Gasteiger charge is 2.34. The van der Waals surface area contributed by atoms with Crippen molar-refractivity contribution in [3.8, 4) is 22.7 Å². The fourth-order valence-electron chi connectivity index (χ4n) is 6.74. The van der Waals surface area contributed by atoms with Crippen LogP contribution in [-0.2, 0) is 26.2 Å². The highest BCUT2D eigenvalue weighted by molar-refractivity contribution is 7.89. The van der Waals surface area contributed by atoms with Crippen LogP contribution >= 0.6 is 0 Å². The number of carbonyl (C=O) groups excluding carboxylic acids is 1. The Morgan fingerprint density at radius 3 is 2.62 bits per heavy atom. The number of nitrogens with zero attached hydrogens (tertiary/aromatic N) is 9. The fourth-order valence-corrected chi connectivity index (χ4v) is 7.73. The van der Waals surface area contributed by atoms with E-state index >= 15 is 8.78 Å². The number of ether oxygens (including phenoxy) is 1. The number of benzene rings is 1. The number of hydrogen-bond donors (Lipinski definition) is 1. The molecule has 0 bridgehead atoms. The molecule has 19 heteroatoms. The lowest BCUT2D eigenvalue weighted by molar-refractivity contribution is -0.132. The number of phenols is 1. The molecule has 5 aromatic heterocycles. The second-order valence-corrected chi connectivity index (χ2v) is 15.2. The number of pyridine rings is 2. The number of carbonyl (C=O) groups is 1. The molecule has 6 heterocycles. The van der Waals surface area contributed by atoms with Crippen molar-refractivity contribution >= 4 is 32.8 Å². The minimum Gasteiger partial charge on any atom is -0.507 e. The summed E-state index contributed by atoms with van der Waals surface area (Å²) >= 11 is 0. The predicted molar refractivity (Wildman–Crippen MR) is 198 cm³/mol. The monoisotopic (exact) mass is 789 g/mol. The van der Waals surface area contributed by atoms with Gasteiger partial charge in [-0.25, -0.2) is 28.1 Å². The topological polar surface area (TPSA) is 192 Å². The lowest BCUT2D eigenvalue weighted by Crippen LogP contribution is -2.57. The lowest BCUT2D eigenvalue weighted by Gasteiger charge is -2.42. The number of rotatable bonds is 11. The van der Waals surface area contributed by atoms with E-state index in [2.05, 4.69) is 25.0 Å². The SMILES string of the molecule is CCC(=O)N1CCN(c2nc(=O)n(-c3c(C)ccnc3C(C)C)c3nc(-c4c(O)cccc4F)c(F)cc23)C(COCc2ccc(S(=O)(=O)n3cncn3)o2)C1. The molecule has 1 aromatic carbocycles. The zero-order valence-corrected chi connectivity index (χ0v) is 31.6. The van der Waals surface area contributed by atoms with Crippen molar-refractivity contribution in [3.63, 3.8) is 0 Å². The van der Waals surface area contributed by atoms with Crippen LogP contribution in [0.15, 0.2) is 75.6 Å². The van der Waals surface area contributed by atoms with Gasteiger partial charge < -0.3 is 24.1 Å². The van der Waals surface area contributed by atoms with E-state index in [1.807, 2.05) is 13.8 Å². The van der Waals surface area contributed by atoms with Gasteiger partial charge in [0.2, 0.25) is 11.0 Å². The van der Waals surface area contributed by atoms with Gasteiger partial charge in [0.05, 0.1) is 35.0 Å². The first-order chi connectivity index (χ1) is 26.8. The zero-order valence-electron chi connectivity index (χ0n) is 30.8. The lowest BCUT2D eigenvalue weighted by atomic mass is 10.0. The largest absolute Gasteiger partial charge is 0.507 e. The number of aromatic nitrogens is 7. The fraction of sp³-hybridized carbons (Fsp3) is 0.324. The molecule has 0 aliphatic carbocycles. The van der Waals surface area contributed by atoms with Crippen LogP contribution in [0.4, 0.5) is 14.6 Å². The van der Waals surface area contributed by atoms with Gasteiger partial charge in [0, 0.05) is 32.3 Å². The smallest absolute Gasteiger partial charge is 0.355 e. The Hall–Kier alpha value is -6.08. The zero-order chi connectivity index (χ0) is 39.9. The summed E-state index contributed by atoms with van der Waals surface area (Å²) in [6.45, 7) is 7.63. The molecule has 1 unspecified atom stereocenters. The summed E-state index contributed by atoms with van der Waals surface area (Å²) in [6, 6.07) is 8.41. The van der Waals surface area contributed by atoms with Crippen molar-refractivity contribution in [2.45, 2.75) is 57.8 Å². The van der Waals surface area contributed by atoms with E-state index in [0.717, 1.165) is 24.8 Å². The van der Waals surface area contributed by atoms with Gasteiger partial charge >= 0.3 is 15.7 Å². The van der Waals surface area contributed by atoms with Gasteiger partial charge in [0.25, 0.3) is 0 Å². The molecule has 0 spiro atoms. The second-order valence-electron chi connectivity index (χ2n) is 13.4. The highest BCUT2D eigenvalue weighted by Crippen LogP contribution is 2.37. The van der Waals surface area contributed by atoms with E-state index in [4.69, 9.17) is 9.15 Å². The molecule has 1 aliphatic heterocycles. The Labute approximate surface area is 319 Å². The molecule has 1 amide bonds. The third-order valence-electron chi connectivity index (χ3n) is 9.45. The standard InChI is InChI=1S/C37H37F2N9O7S/c1-5-29(50)45-13-14-46(23(16-45)17-54-18-24-9-10-30(55-24)56(52,53)47-20-40-19-42-47)35-25-15-27(39)33(31-26(38)7-6-8-28(31)49)43-36(25)48(37(51)44-35)34-22(4)11-12-41-32(34)21(2)3/h6-12,15,19-21,23,49H,5,13-14,16-18H2,1-4H3. The van der Waals surface area contributed by atoms with Crippen LogP contribution in [0.2, 0.25) is 0 Å². The van der Waals surface area contributed by atoms with Gasteiger partial charge in [-0.15, -0.1) is 9.19 Å². The van der Waals surface area contributed by atoms with Gasteiger partial charge in [0.15, 0.2) is 11.5 Å². The van der Waals surface area contributed by atoms with Crippen LogP contribution in [0.5, 0.6) is 5.75 Å². The molecule has 1 saturated heterocycles. The van der Waals surface area contributed by atoms with Crippen molar-refractivity contribution < 1.29 is 36.3 Å². The molecule has 1 fully saturated rings. The van der Waals surface area contributed by atoms with Crippen molar-refractivity contribution in [2.24, 2.45) is 0 Å². The van der Waals surface area contributed by atoms with Gasteiger partial charge in [-0.1, -0.05) is 26.8 Å². The van der Waals surface area contributed by atoms with Crippen molar-refractivity contribution in [2.75, 3.05) is 31.1 Å². The van der Waals surface area contributed by atoms with Gasteiger partial charge in [-0.3, -0.25) is 9.78 Å². The minimum absolute atomic E-state index is 0.0426. The Morgan fingerprint density at radius 2 is 1.91 bits per heavy atom. The number of amides is 1. The average molecular weight is 790 g/mol. The van der Waals surface area contributed by atoms with E-state index in [-0.39, 0.29) is 78.8 Å². The number of phenolic OH excluding ortho intramolecular Hbond substituents is 1. The number of aromatic hydroxyl groups is 1. The molecular weight excluding hydrogens is 753 g/mol. The number of hydrogen-bond acceptors (Lipinski definition) is 13. The average Bonchev–Trinajstić information content (AvgIpc) is 3.89. The minimum atomic E-state index is -4.12. The van der Waals surface area contributed by atoms with Crippen LogP contribution in [0.25, 0.3) is 28.0 Å². The van der Waals surface area contributed by atoms with Crippen LogP contribution < -0.4 is 10.6 Å². The van der Waals surface area contributed by atoms with Crippen molar-refractivity contribution in [1.29, 1.82) is 0 Å². The quantitative estimate of drug-likeness (QED) is 0.195. The molecule has 1 aliphatic rings. The maximum Gasteiger partial charge on any atom is 0.355 e. The number of anilines is 1. The van der Waals surface area contributed by atoms with E-state index < -0.39 is 50.4 Å². The first-order valence-corrected chi connectivity index (χ1v) is 19.1. The summed E-state index contributed by atoms with van der Waals surface area (Å²) in [5, 5.41) is 14.0. The summed E-state index contributed by atoms with van der Waals surface area (Å²) < 4.78 is 70.6. The second kappa shape index (κ2) is 15.2. The number of halogens is 2. The number of aryl methyl sites for hydroxylation is 1. The van der Waals surface area contributed by atoms with Crippen LogP contribution in [0.3, 0.4) is 0 Å². The van der Waals surface area contributed by atoms with Gasteiger partial charge in [0.1, 0.15) is 48.1 Å². The summed E-state index contributed by atoms with van der Waals surface area (Å²) in [7, 11) is -4.12. The molecule has 6 aromatic rings. The summed E-state index contributed by atoms with van der Waals surface area (Å²) in [6.07, 6.45) is 3.95. The molecule has 1 N–H and O–H groups in total. The van der Waals surface area contributed by atoms with E-state index in [9.17, 15) is 23.1 Å². The molecule has 0 radical (unpaired) electrons. The Kier molecular flexibility index (Phi) is 10.4. The molecule has 292 valence electrons. The Bertz CT molecular complexity index is 2590. The van der Waals surface area contributed by atoms with Crippen LogP contribution in [0.1, 0.15) is 50.1 Å². The van der Waals surface area contributed by atoms with E-state index in [1.165, 1.54) is 28.8 Å². The summed E-state index contributed by atoms with van der Waals surface area (Å²) in [5.41, 5.74) is -0.287. The van der Waals surface area contributed by atoms with Crippen LogP contribution in [-0.4, -0.2) is 90.3 Å².